The molecule has 24 heavy (non-hydrogen) atoms. The lowest BCUT2D eigenvalue weighted by molar-refractivity contribution is -0.133. The number of nitriles is 1. The fraction of sp³-hybridized carbons (Fsp3) is 0.0588. The monoisotopic (exact) mass is 353 g/mol. The van der Waals surface area contributed by atoms with Gasteiger partial charge >= 0.3 is 5.97 Å². The second kappa shape index (κ2) is 7.25. The smallest absolute Gasteiger partial charge is 0.313 e. The molecule has 118 valence electrons. The zero-order chi connectivity index (χ0) is 16.9. The number of aliphatic carboxylic acids is 1. The van der Waals surface area contributed by atoms with Gasteiger partial charge in [0.15, 0.2) is 0 Å². The molecule has 0 bridgehead atoms. The van der Waals surface area contributed by atoms with E-state index in [4.69, 9.17) is 5.11 Å². The number of thioether (sulfide) groups is 1. The van der Waals surface area contributed by atoms with Crippen LogP contribution in [0.1, 0.15) is 5.56 Å². The van der Waals surface area contributed by atoms with Gasteiger partial charge in [-0.25, -0.2) is 4.98 Å². The Morgan fingerprint density at radius 1 is 1.38 bits per heavy atom. The van der Waals surface area contributed by atoms with E-state index in [-0.39, 0.29) is 5.75 Å². The van der Waals surface area contributed by atoms with E-state index < -0.39 is 5.97 Å². The van der Waals surface area contributed by atoms with Crippen LogP contribution < -0.4 is 0 Å². The molecule has 0 radical (unpaired) electrons. The summed E-state index contributed by atoms with van der Waals surface area (Å²) in [6.07, 6.45) is 3.37. The molecule has 3 heterocycles. The summed E-state index contributed by atoms with van der Waals surface area (Å²) >= 11 is 2.57. The Morgan fingerprint density at radius 2 is 2.25 bits per heavy atom. The van der Waals surface area contributed by atoms with Crippen molar-refractivity contribution in [1.82, 2.24) is 9.97 Å². The Hall–Kier alpha value is -2.69. The Labute approximate surface area is 146 Å². The van der Waals surface area contributed by atoms with Crippen LogP contribution in [0.3, 0.4) is 0 Å². The van der Waals surface area contributed by atoms with Crippen molar-refractivity contribution < 1.29 is 9.90 Å². The maximum absolute atomic E-state index is 10.9. The first kappa shape index (κ1) is 16.2. The van der Waals surface area contributed by atoms with Gasteiger partial charge in [-0.3, -0.25) is 9.78 Å². The normalized spacial score (nSPS) is 10.3. The van der Waals surface area contributed by atoms with Crippen LogP contribution in [0, 0.1) is 11.3 Å². The van der Waals surface area contributed by atoms with E-state index in [0.29, 0.717) is 16.3 Å². The summed E-state index contributed by atoms with van der Waals surface area (Å²) in [5.41, 5.74) is 2.64. The van der Waals surface area contributed by atoms with Crippen LogP contribution >= 0.6 is 23.1 Å². The van der Waals surface area contributed by atoms with Crippen molar-refractivity contribution in [1.29, 1.82) is 5.26 Å². The molecule has 3 aromatic rings. The van der Waals surface area contributed by atoms with Gasteiger partial charge in [-0.1, -0.05) is 17.8 Å². The number of carboxylic acids is 1. The molecule has 0 spiro atoms. The molecule has 3 rings (SSSR count). The predicted molar refractivity (Wildman–Crippen MR) is 93.9 cm³/mol. The molecular formula is C17H11N3O2S2. The fourth-order valence-electron chi connectivity index (χ4n) is 2.15. The molecular weight excluding hydrogens is 342 g/mol. The number of carbonyl (C=O) groups is 1. The molecule has 0 atom stereocenters. The molecule has 0 saturated heterocycles. The second-order valence-electron chi connectivity index (χ2n) is 4.75. The SMILES string of the molecule is N#Cc1c(-c2cccs2)cc(-c2cccnc2)nc1SCC(=O)O. The van der Waals surface area contributed by atoms with Crippen molar-refractivity contribution in [3.8, 4) is 27.8 Å². The molecule has 0 aromatic carbocycles. The highest BCUT2D eigenvalue weighted by atomic mass is 32.2. The molecule has 1 N–H and O–H groups in total. The standard InChI is InChI=1S/C17H11N3O2S2/c18-8-13-12(15-4-2-6-23-15)7-14(11-3-1-5-19-9-11)20-17(13)24-10-16(21)22/h1-7,9H,10H2,(H,21,22). The molecule has 0 fully saturated rings. The molecule has 0 amide bonds. The number of aromatic nitrogens is 2. The van der Waals surface area contributed by atoms with Crippen molar-refractivity contribution >= 4 is 29.1 Å². The van der Waals surface area contributed by atoms with Gasteiger partial charge in [0.05, 0.1) is 17.0 Å². The van der Waals surface area contributed by atoms with Gasteiger partial charge in [0.2, 0.25) is 0 Å². The second-order valence-corrected chi connectivity index (χ2v) is 6.66. The largest absolute Gasteiger partial charge is 0.481 e. The summed E-state index contributed by atoms with van der Waals surface area (Å²) in [6, 6.07) is 11.6. The Kier molecular flexibility index (Phi) is 4.89. The highest BCUT2D eigenvalue weighted by Gasteiger charge is 2.17. The average Bonchev–Trinajstić information content (AvgIpc) is 3.14. The maximum Gasteiger partial charge on any atom is 0.313 e. The van der Waals surface area contributed by atoms with Gasteiger partial charge in [-0.2, -0.15) is 5.26 Å². The van der Waals surface area contributed by atoms with Crippen LogP contribution in [-0.2, 0) is 4.79 Å². The molecule has 0 aliphatic carbocycles. The third-order valence-electron chi connectivity index (χ3n) is 3.17. The average molecular weight is 353 g/mol. The Bertz CT molecular complexity index is 904. The molecule has 0 saturated carbocycles. The zero-order valence-corrected chi connectivity index (χ0v) is 14.0. The van der Waals surface area contributed by atoms with E-state index in [1.165, 1.54) is 11.3 Å². The highest BCUT2D eigenvalue weighted by Crippen LogP contribution is 2.35. The topological polar surface area (TPSA) is 86.9 Å². The first-order valence-corrected chi connectivity index (χ1v) is 8.79. The third-order valence-corrected chi connectivity index (χ3v) is 5.04. The van der Waals surface area contributed by atoms with Gasteiger partial charge in [-0.05, 0) is 29.6 Å². The first-order valence-electron chi connectivity index (χ1n) is 6.93. The molecule has 5 nitrogen and oxygen atoms in total. The number of carboxylic acid groups (broad SMARTS) is 1. The quantitative estimate of drug-likeness (QED) is 0.700. The molecule has 0 aliphatic rings. The van der Waals surface area contributed by atoms with Crippen molar-refractivity contribution in [3.05, 3.63) is 53.7 Å². The summed E-state index contributed by atoms with van der Waals surface area (Å²) in [4.78, 5) is 20.4. The first-order chi connectivity index (χ1) is 11.7. The van der Waals surface area contributed by atoms with E-state index in [1.54, 1.807) is 12.4 Å². The van der Waals surface area contributed by atoms with Gasteiger partial charge in [0.1, 0.15) is 11.1 Å². The van der Waals surface area contributed by atoms with Crippen molar-refractivity contribution in [3.63, 3.8) is 0 Å². The lowest BCUT2D eigenvalue weighted by atomic mass is 10.1. The third kappa shape index (κ3) is 3.45. The minimum Gasteiger partial charge on any atom is -0.481 e. The number of thiophene rings is 1. The van der Waals surface area contributed by atoms with Crippen LogP contribution in [0.2, 0.25) is 0 Å². The van der Waals surface area contributed by atoms with Gasteiger partial charge in [0.25, 0.3) is 0 Å². The van der Waals surface area contributed by atoms with Crippen LogP contribution in [0.5, 0.6) is 0 Å². The van der Waals surface area contributed by atoms with Crippen molar-refractivity contribution in [2.75, 3.05) is 5.75 Å². The number of rotatable bonds is 5. The van der Waals surface area contributed by atoms with Gasteiger partial charge in [-0.15, -0.1) is 11.3 Å². The van der Waals surface area contributed by atoms with Crippen molar-refractivity contribution in [2.24, 2.45) is 0 Å². The van der Waals surface area contributed by atoms with E-state index in [0.717, 1.165) is 27.8 Å². The lowest BCUT2D eigenvalue weighted by Gasteiger charge is -2.10. The highest BCUT2D eigenvalue weighted by molar-refractivity contribution is 7.99. The summed E-state index contributed by atoms with van der Waals surface area (Å²) in [5.74, 6) is -1.10. The summed E-state index contributed by atoms with van der Waals surface area (Å²) in [6.45, 7) is 0. The van der Waals surface area contributed by atoms with Crippen LogP contribution in [0.15, 0.2) is 53.1 Å². The van der Waals surface area contributed by atoms with Crippen molar-refractivity contribution in [2.45, 2.75) is 5.03 Å². The van der Waals surface area contributed by atoms with E-state index in [2.05, 4.69) is 16.0 Å². The lowest BCUT2D eigenvalue weighted by Crippen LogP contribution is -2.01. The molecule has 3 aromatic heterocycles. The van der Waals surface area contributed by atoms with E-state index in [9.17, 15) is 10.1 Å². The summed E-state index contributed by atoms with van der Waals surface area (Å²) in [7, 11) is 0. The van der Waals surface area contributed by atoms with Crippen LogP contribution in [-0.4, -0.2) is 26.8 Å². The number of hydrogen-bond donors (Lipinski definition) is 1. The summed E-state index contributed by atoms with van der Waals surface area (Å²) < 4.78 is 0. The maximum atomic E-state index is 10.9. The molecule has 0 unspecified atom stereocenters. The zero-order valence-electron chi connectivity index (χ0n) is 12.3. The number of hydrogen-bond acceptors (Lipinski definition) is 6. The van der Waals surface area contributed by atoms with E-state index >= 15 is 0 Å². The summed E-state index contributed by atoms with van der Waals surface area (Å²) in [5, 5.41) is 20.9. The Balaban J connectivity index is 2.18. The van der Waals surface area contributed by atoms with Gasteiger partial charge in [0, 0.05) is 28.4 Å². The van der Waals surface area contributed by atoms with Gasteiger partial charge < -0.3 is 5.11 Å². The minimum absolute atomic E-state index is 0.151. The molecule has 7 heteroatoms. The molecule has 0 aliphatic heterocycles. The van der Waals surface area contributed by atoms with Crippen LogP contribution in [0.4, 0.5) is 0 Å². The Morgan fingerprint density at radius 3 is 2.88 bits per heavy atom. The van der Waals surface area contributed by atoms with E-state index in [1.807, 2.05) is 35.7 Å². The number of pyridine rings is 2. The van der Waals surface area contributed by atoms with Crippen LogP contribution in [0.25, 0.3) is 21.7 Å². The minimum atomic E-state index is -0.949. The fourth-order valence-corrected chi connectivity index (χ4v) is 3.62. The predicted octanol–water partition coefficient (Wildman–Crippen LogP) is 3.92. The number of nitrogens with zero attached hydrogens (tertiary/aromatic N) is 3.